The van der Waals surface area contributed by atoms with Crippen molar-refractivity contribution in [2.45, 2.75) is 187 Å². The summed E-state index contributed by atoms with van der Waals surface area (Å²) in [5.41, 5.74) is 5.35. The quantitative estimate of drug-likeness (QED) is 0.0235. The molecule has 11 heteroatoms. The second-order valence-electron chi connectivity index (χ2n) is 14.4. The molecule has 0 spiro atoms. The molecule has 3 atom stereocenters. The molecule has 0 aliphatic carbocycles. The number of unbranched alkanes of at least 4 members (excludes halogenated alkanes) is 17. The Hall–Kier alpha value is -2.33. The van der Waals surface area contributed by atoms with Crippen LogP contribution in [0.1, 0.15) is 174 Å². The van der Waals surface area contributed by atoms with Gasteiger partial charge in [0.2, 0.25) is 0 Å². The zero-order valence-corrected chi connectivity index (χ0v) is 36.1. The molecule has 0 rings (SSSR count). The molecule has 0 radical (unpaired) electrons. The molecule has 0 aliphatic heterocycles. The third-order valence-corrected chi connectivity index (χ3v) is 10.0. The molecule has 0 aromatic rings. The summed E-state index contributed by atoms with van der Waals surface area (Å²) in [7, 11) is -4.62. The summed E-state index contributed by atoms with van der Waals surface area (Å²) in [6.07, 6.45) is 48.4. The van der Waals surface area contributed by atoms with Crippen LogP contribution in [-0.4, -0.2) is 60.5 Å². The van der Waals surface area contributed by atoms with E-state index in [2.05, 4.69) is 74.6 Å². The summed E-state index contributed by atoms with van der Waals surface area (Å²) in [5.74, 6) is -1.79. The van der Waals surface area contributed by atoms with E-state index < -0.39 is 45.1 Å². The summed E-state index contributed by atoms with van der Waals surface area (Å²) >= 11 is 0. The zero-order chi connectivity index (χ0) is 41.2. The molecule has 0 amide bonds. The van der Waals surface area contributed by atoms with Crippen molar-refractivity contribution in [1.82, 2.24) is 0 Å². The maximum atomic E-state index is 12.6. The Morgan fingerprint density at radius 1 is 0.589 bits per heavy atom. The maximum Gasteiger partial charge on any atom is 0.472 e. The monoisotopic (exact) mass is 810 g/mol. The number of rotatable bonds is 41. The summed E-state index contributed by atoms with van der Waals surface area (Å²) in [6.45, 7) is 3.74. The highest BCUT2D eigenvalue weighted by Crippen LogP contribution is 2.43. The van der Waals surface area contributed by atoms with E-state index >= 15 is 0 Å². The number of allylic oxidation sites excluding steroid dienone is 10. The number of aliphatic carboxylic acids is 1. The highest BCUT2D eigenvalue weighted by atomic mass is 31.2. The van der Waals surface area contributed by atoms with Gasteiger partial charge >= 0.3 is 19.8 Å². The lowest BCUT2D eigenvalue weighted by Gasteiger charge is -2.20. The average molecular weight is 810 g/mol. The molecule has 324 valence electrons. The molecule has 0 aliphatic rings. The van der Waals surface area contributed by atoms with E-state index in [0.29, 0.717) is 13.0 Å². The van der Waals surface area contributed by atoms with Gasteiger partial charge in [-0.2, -0.15) is 0 Å². The fourth-order valence-electron chi connectivity index (χ4n) is 5.69. The molecule has 0 bridgehead atoms. The van der Waals surface area contributed by atoms with E-state index in [1.807, 2.05) is 0 Å². The molecular weight excluding hydrogens is 729 g/mol. The molecule has 0 saturated carbocycles. The van der Waals surface area contributed by atoms with Crippen LogP contribution < -0.4 is 5.73 Å². The van der Waals surface area contributed by atoms with Gasteiger partial charge in [-0.1, -0.05) is 171 Å². The van der Waals surface area contributed by atoms with Crippen LogP contribution in [-0.2, 0) is 32.7 Å². The van der Waals surface area contributed by atoms with Gasteiger partial charge in [0, 0.05) is 13.0 Å². The lowest BCUT2D eigenvalue weighted by atomic mass is 10.1. The number of phosphoric acid groups is 1. The number of esters is 1. The van der Waals surface area contributed by atoms with Crippen LogP contribution in [0.15, 0.2) is 60.8 Å². The van der Waals surface area contributed by atoms with Gasteiger partial charge in [0.05, 0.1) is 19.8 Å². The summed E-state index contributed by atoms with van der Waals surface area (Å²) in [5, 5.41) is 8.89. The molecule has 4 N–H and O–H groups in total. The summed E-state index contributed by atoms with van der Waals surface area (Å²) in [6, 6.07) is -1.48. The van der Waals surface area contributed by atoms with Crippen LogP contribution in [0.2, 0.25) is 0 Å². The lowest BCUT2D eigenvalue weighted by molar-refractivity contribution is -0.154. The Morgan fingerprint density at radius 2 is 1.04 bits per heavy atom. The van der Waals surface area contributed by atoms with Gasteiger partial charge in [0.25, 0.3) is 0 Å². The van der Waals surface area contributed by atoms with E-state index in [9.17, 15) is 19.0 Å². The van der Waals surface area contributed by atoms with Gasteiger partial charge in [-0.05, 0) is 57.8 Å². The van der Waals surface area contributed by atoms with Gasteiger partial charge < -0.3 is 25.2 Å². The van der Waals surface area contributed by atoms with Crippen LogP contribution >= 0.6 is 7.82 Å². The van der Waals surface area contributed by atoms with E-state index in [-0.39, 0.29) is 13.0 Å². The Kier molecular flexibility index (Phi) is 39.2. The first-order chi connectivity index (χ1) is 27.2. The Balaban J connectivity index is 4.21. The second-order valence-corrected chi connectivity index (χ2v) is 15.9. The smallest absolute Gasteiger partial charge is 0.472 e. The highest BCUT2D eigenvalue weighted by Gasteiger charge is 2.27. The topological polar surface area (TPSA) is 155 Å². The van der Waals surface area contributed by atoms with Crippen LogP contribution in [0.4, 0.5) is 0 Å². The van der Waals surface area contributed by atoms with Crippen LogP contribution in [0, 0.1) is 0 Å². The van der Waals surface area contributed by atoms with E-state index in [1.54, 1.807) is 0 Å². The van der Waals surface area contributed by atoms with Crippen molar-refractivity contribution < 1.29 is 42.7 Å². The van der Waals surface area contributed by atoms with E-state index in [0.717, 1.165) is 77.0 Å². The van der Waals surface area contributed by atoms with Crippen molar-refractivity contribution in [3.8, 4) is 0 Å². The summed E-state index contributed by atoms with van der Waals surface area (Å²) in [4.78, 5) is 33.5. The van der Waals surface area contributed by atoms with Gasteiger partial charge in [-0.15, -0.1) is 0 Å². The molecule has 0 fully saturated rings. The second kappa shape index (κ2) is 40.9. The lowest BCUT2D eigenvalue weighted by Crippen LogP contribution is -2.34. The van der Waals surface area contributed by atoms with Crippen molar-refractivity contribution in [1.29, 1.82) is 0 Å². The molecule has 0 aromatic carbocycles. The number of hydrogen-bond acceptors (Lipinski definition) is 8. The fourth-order valence-corrected chi connectivity index (χ4v) is 6.47. The van der Waals surface area contributed by atoms with Crippen molar-refractivity contribution in [3.63, 3.8) is 0 Å². The molecule has 0 heterocycles. The van der Waals surface area contributed by atoms with Crippen molar-refractivity contribution in [2.24, 2.45) is 5.73 Å². The number of carboxylic acids is 1. The Bertz CT molecular complexity index is 1120. The normalized spacial score (nSPS) is 14.5. The van der Waals surface area contributed by atoms with Crippen LogP contribution in [0.25, 0.3) is 0 Å². The minimum atomic E-state index is -4.62. The predicted octanol–water partition coefficient (Wildman–Crippen LogP) is 12.0. The van der Waals surface area contributed by atoms with E-state index in [4.69, 9.17) is 29.4 Å². The minimum absolute atomic E-state index is 0.0117. The third-order valence-electron chi connectivity index (χ3n) is 9.06. The maximum absolute atomic E-state index is 12.6. The Morgan fingerprint density at radius 3 is 1.55 bits per heavy atom. The van der Waals surface area contributed by atoms with Crippen molar-refractivity contribution in [2.75, 3.05) is 26.4 Å². The van der Waals surface area contributed by atoms with Gasteiger partial charge in [0.15, 0.2) is 0 Å². The van der Waals surface area contributed by atoms with Crippen LogP contribution in [0.3, 0.4) is 0 Å². The van der Waals surface area contributed by atoms with Gasteiger partial charge in [0.1, 0.15) is 12.1 Å². The van der Waals surface area contributed by atoms with Crippen molar-refractivity contribution in [3.05, 3.63) is 60.8 Å². The number of hydrogen-bond donors (Lipinski definition) is 3. The first-order valence-corrected chi connectivity index (χ1v) is 23.3. The number of phosphoric ester groups is 1. The fraction of sp³-hybridized carbons (Fsp3) is 0.733. The number of carboxylic acid groups (broad SMARTS) is 1. The number of carbonyl (C=O) groups excluding carboxylic acids is 1. The largest absolute Gasteiger partial charge is 0.480 e. The standard InChI is InChI=1S/C45H80NO9P/c1-3-5-7-9-11-13-15-16-17-18-19-20-21-22-23-24-25-26-27-29-31-33-35-37-44(47)55-42(40-53-56(50,51)54-41-43(46)45(48)49)39-52-38-36-34-32-30-28-14-12-10-8-6-4-2/h5,7,11,13,16-17,19-20,22-23,42-43H,3-4,6,8-10,12,14-15,18,21,24-41,46H2,1-2H3,(H,48,49)(H,50,51)/b7-5-,13-11-,17-16-,20-19-,23-22-. The van der Waals surface area contributed by atoms with Crippen LogP contribution in [0.5, 0.6) is 0 Å². The third kappa shape index (κ3) is 39.9. The van der Waals surface area contributed by atoms with Crippen molar-refractivity contribution >= 4 is 19.8 Å². The predicted molar refractivity (Wildman–Crippen MR) is 231 cm³/mol. The SMILES string of the molecule is CC/C=C\C/C=C\C/C=C\C/C=C\C/C=C\CCCCCCCCCC(=O)OC(COCCCCCCCCCCCCC)COP(=O)(O)OCC(N)C(=O)O. The van der Waals surface area contributed by atoms with Gasteiger partial charge in [-0.25, -0.2) is 4.57 Å². The first kappa shape index (κ1) is 53.7. The highest BCUT2D eigenvalue weighted by molar-refractivity contribution is 7.47. The van der Waals surface area contributed by atoms with Gasteiger partial charge in [-0.3, -0.25) is 18.6 Å². The number of ether oxygens (including phenoxy) is 2. The zero-order valence-electron chi connectivity index (χ0n) is 35.2. The molecule has 10 nitrogen and oxygen atoms in total. The molecule has 56 heavy (non-hydrogen) atoms. The average Bonchev–Trinajstić information content (AvgIpc) is 3.18. The summed E-state index contributed by atoms with van der Waals surface area (Å²) < 4.78 is 33.3. The van der Waals surface area contributed by atoms with E-state index in [1.165, 1.54) is 70.6 Å². The Labute approximate surface area is 341 Å². The number of nitrogens with two attached hydrogens (primary N) is 1. The molecule has 0 aromatic heterocycles. The number of carbonyl (C=O) groups is 2. The molecule has 3 unspecified atom stereocenters. The minimum Gasteiger partial charge on any atom is -0.480 e. The first-order valence-electron chi connectivity index (χ1n) is 21.8. The molecular formula is C45H80NO9P. The molecule has 0 saturated heterocycles.